The van der Waals surface area contributed by atoms with Crippen LogP contribution in [0, 0.1) is 0 Å². The summed E-state index contributed by atoms with van der Waals surface area (Å²) in [5, 5.41) is 6.59. The number of hydrogen-bond donors (Lipinski definition) is 3. The topological polar surface area (TPSA) is 116 Å². The largest absolute Gasteiger partial charge is 0.368 e. The summed E-state index contributed by atoms with van der Waals surface area (Å²) < 4.78 is 1.37. The Morgan fingerprint density at radius 1 is 1.56 bits per heavy atom. The summed E-state index contributed by atoms with van der Waals surface area (Å²) in [6.07, 6.45) is 5.02. The minimum absolute atomic E-state index is 0.000554. The molecule has 1 rings (SSSR count). The summed E-state index contributed by atoms with van der Waals surface area (Å²) in [7, 11) is 0. The monoisotopic (exact) mass is 253 g/mol. The molecule has 0 saturated carbocycles. The molecule has 0 aliphatic carbocycles. The Hall–Kier alpha value is -1.89. The Kier molecular flexibility index (Phi) is 5.31. The van der Waals surface area contributed by atoms with E-state index in [1.165, 1.54) is 10.9 Å². The number of amides is 2. The zero-order valence-corrected chi connectivity index (χ0v) is 10.4. The third-order valence-electron chi connectivity index (χ3n) is 2.30. The van der Waals surface area contributed by atoms with Crippen LogP contribution in [0.4, 0.5) is 5.69 Å². The van der Waals surface area contributed by atoms with Gasteiger partial charge in [-0.15, -0.1) is 0 Å². The number of rotatable bonds is 7. The number of aromatic nitrogens is 2. The molecule has 2 amide bonds. The molecule has 7 heteroatoms. The standard InChI is InChI=1S/C11H19N5O2/c1-8(12)3-2-4-11(18)15-9-5-14-16(6-9)7-10(13)17/h5-6,8H,2-4,7,12H2,1H3,(H2,13,17)(H,15,18). The van der Waals surface area contributed by atoms with Crippen molar-refractivity contribution in [3.8, 4) is 0 Å². The highest BCUT2D eigenvalue weighted by Crippen LogP contribution is 2.07. The number of carbonyl (C=O) groups is 2. The van der Waals surface area contributed by atoms with Crippen LogP contribution in [-0.4, -0.2) is 27.6 Å². The van der Waals surface area contributed by atoms with Crippen molar-refractivity contribution in [3.63, 3.8) is 0 Å². The van der Waals surface area contributed by atoms with Gasteiger partial charge in [0.1, 0.15) is 6.54 Å². The molecule has 0 aromatic carbocycles. The lowest BCUT2D eigenvalue weighted by Gasteiger charge is -2.04. The second kappa shape index (κ2) is 6.75. The first-order valence-corrected chi connectivity index (χ1v) is 5.83. The van der Waals surface area contributed by atoms with E-state index in [4.69, 9.17) is 11.5 Å². The normalized spacial score (nSPS) is 12.1. The summed E-state index contributed by atoms with van der Waals surface area (Å²) in [5.74, 6) is -0.567. The fourth-order valence-electron chi connectivity index (χ4n) is 1.48. The molecule has 1 aromatic heterocycles. The molecule has 5 N–H and O–H groups in total. The number of nitrogens with zero attached hydrogens (tertiary/aromatic N) is 2. The lowest BCUT2D eigenvalue weighted by atomic mass is 10.1. The number of carbonyl (C=O) groups excluding carboxylic acids is 2. The van der Waals surface area contributed by atoms with Crippen LogP contribution in [0.25, 0.3) is 0 Å². The number of nitrogens with one attached hydrogen (secondary N) is 1. The highest BCUT2D eigenvalue weighted by molar-refractivity contribution is 5.90. The van der Waals surface area contributed by atoms with Crippen LogP contribution < -0.4 is 16.8 Å². The summed E-state index contributed by atoms with van der Waals surface area (Å²) >= 11 is 0. The van der Waals surface area contributed by atoms with E-state index in [0.29, 0.717) is 12.1 Å². The molecule has 0 aliphatic rings. The lowest BCUT2D eigenvalue weighted by Crippen LogP contribution is -2.19. The van der Waals surface area contributed by atoms with Crippen LogP contribution in [0.1, 0.15) is 26.2 Å². The van der Waals surface area contributed by atoms with Crippen molar-refractivity contribution in [1.82, 2.24) is 9.78 Å². The van der Waals surface area contributed by atoms with E-state index in [1.807, 2.05) is 6.92 Å². The maximum Gasteiger partial charge on any atom is 0.239 e. The molecule has 18 heavy (non-hydrogen) atoms. The summed E-state index contributed by atoms with van der Waals surface area (Å²) in [5.41, 5.74) is 11.2. The zero-order valence-electron chi connectivity index (χ0n) is 10.4. The summed E-state index contributed by atoms with van der Waals surface area (Å²) in [6, 6.07) is 0.108. The third-order valence-corrected chi connectivity index (χ3v) is 2.30. The van der Waals surface area contributed by atoms with E-state index in [0.717, 1.165) is 12.8 Å². The van der Waals surface area contributed by atoms with E-state index in [2.05, 4.69) is 10.4 Å². The molecule has 0 bridgehead atoms. The molecule has 1 aromatic rings. The molecular weight excluding hydrogens is 234 g/mol. The predicted octanol–water partition coefficient (Wildman–Crippen LogP) is -0.176. The second-order valence-corrected chi connectivity index (χ2v) is 4.31. The van der Waals surface area contributed by atoms with Gasteiger partial charge in [0.25, 0.3) is 0 Å². The van der Waals surface area contributed by atoms with Crippen LogP contribution in [0.5, 0.6) is 0 Å². The van der Waals surface area contributed by atoms with Crippen molar-refractivity contribution in [3.05, 3.63) is 12.4 Å². The molecule has 7 nitrogen and oxygen atoms in total. The molecule has 1 heterocycles. The maximum atomic E-state index is 11.5. The first-order valence-electron chi connectivity index (χ1n) is 5.83. The van der Waals surface area contributed by atoms with Crippen LogP contribution in [0.15, 0.2) is 12.4 Å². The molecule has 0 fully saturated rings. The Balaban J connectivity index is 2.35. The SMILES string of the molecule is CC(N)CCCC(=O)Nc1cnn(CC(N)=O)c1. The van der Waals surface area contributed by atoms with Gasteiger partial charge in [-0.1, -0.05) is 0 Å². The lowest BCUT2D eigenvalue weighted by molar-refractivity contribution is -0.118. The average molecular weight is 253 g/mol. The van der Waals surface area contributed by atoms with Crippen LogP contribution in [0.2, 0.25) is 0 Å². The van der Waals surface area contributed by atoms with Crippen molar-refractivity contribution in [1.29, 1.82) is 0 Å². The third kappa shape index (κ3) is 5.44. The predicted molar refractivity (Wildman–Crippen MR) is 67.6 cm³/mol. The molecular formula is C11H19N5O2. The van der Waals surface area contributed by atoms with Gasteiger partial charge >= 0.3 is 0 Å². The van der Waals surface area contributed by atoms with E-state index < -0.39 is 5.91 Å². The molecule has 0 aliphatic heterocycles. The minimum Gasteiger partial charge on any atom is -0.368 e. The summed E-state index contributed by atoms with van der Waals surface area (Å²) in [6.45, 7) is 1.91. The number of anilines is 1. The minimum atomic E-state index is -0.479. The van der Waals surface area contributed by atoms with E-state index in [-0.39, 0.29) is 18.5 Å². The van der Waals surface area contributed by atoms with Crippen molar-refractivity contribution in [2.75, 3.05) is 5.32 Å². The van der Waals surface area contributed by atoms with Crippen LogP contribution >= 0.6 is 0 Å². The smallest absolute Gasteiger partial charge is 0.239 e. The Bertz CT molecular complexity index is 413. The van der Waals surface area contributed by atoms with E-state index in [9.17, 15) is 9.59 Å². The molecule has 100 valence electrons. The van der Waals surface area contributed by atoms with Crippen molar-refractivity contribution < 1.29 is 9.59 Å². The Morgan fingerprint density at radius 3 is 2.89 bits per heavy atom. The van der Waals surface area contributed by atoms with Gasteiger partial charge in [-0.3, -0.25) is 14.3 Å². The number of nitrogens with two attached hydrogens (primary N) is 2. The van der Waals surface area contributed by atoms with Gasteiger partial charge in [0, 0.05) is 18.7 Å². The van der Waals surface area contributed by atoms with Crippen molar-refractivity contribution >= 4 is 17.5 Å². The second-order valence-electron chi connectivity index (χ2n) is 4.31. The molecule has 1 atom stereocenters. The maximum absolute atomic E-state index is 11.5. The molecule has 0 radical (unpaired) electrons. The highest BCUT2D eigenvalue weighted by Gasteiger charge is 2.06. The van der Waals surface area contributed by atoms with Crippen molar-refractivity contribution in [2.45, 2.75) is 38.8 Å². The molecule has 0 saturated heterocycles. The quantitative estimate of drug-likeness (QED) is 0.625. The van der Waals surface area contributed by atoms with Crippen LogP contribution in [-0.2, 0) is 16.1 Å². The Labute approximate surface area is 106 Å². The molecule has 0 spiro atoms. The first-order chi connectivity index (χ1) is 8.47. The van der Waals surface area contributed by atoms with Gasteiger partial charge in [0.2, 0.25) is 11.8 Å². The summed E-state index contributed by atoms with van der Waals surface area (Å²) in [4.78, 5) is 22.2. The first kappa shape index (κ1) is 14.2. The number of hydrogen-bond acceptors (Lipinski definition) is 4. The molecule has 1 unspecified atom stereocenters. The fourth-order valence-corrected chi connectivity index (χ4v) is 1.48. The van der Waals surface area contributed by atoms with Gasteiger partial charge in [0.05, 0.1) is 11.9 Å². The Morgan fingerprint density at radius 2 is 2.28 bits per heavy atom. The fraction of sp³-hybridized carbons (Fsp3) is 0.545. The van der Waals surface area contributed by atoms with Gasteiger partial charge in [-0.25, -0.2) is 0 Å². The zero-order chi connectivity index (χ0) is 13.5. The highest BCUT2D eigenvalue weighted by atomic mass is 16.2. The van der Waals surface area contributed by atoms with Gasteiger partial charge in [0.15, 0.2) is 0 Å². The number of primary amides is 1. The van der Waals surface area contributed by atoms with E-state index in [1.54, 1.807) is 6.20 Å². The van der Waals surface area contributed by atoms with Crippen LogP contribution in [0.3, 0.4) is 0 Å². The van der Waals surface area contributed by atoms with Gasteiger partial charge < -0.3 is 16.8 Å². The van der Waals surface area contributed by atoms with Gasteiger partial charge in [-0.05, 0) is 19.8 Å². The van der Waals surface area contributed by atoms with Crippen molar-refractivity contribution in [2.24, 2.45) is 11.5 Å². The van der Waals surface area contributed by atoms with E-state index >= 15 is 0 Å². The van der Waals surface area contributed by atoms with Gasteiger partial charge in [-0.2, -0.15) is 5.10 Å². The average Bonchev–Trinajstić information content (AvgIpc) is 2.63.